The lowest BCUT2D eigenvalue weighted by Crippen LogP contribution is -2.39. The van der Waals surface area contributed by atoms with Crippen LogP contribution in [0.4, 0.5) is 5.69 Å². The normalized spacial score (nSPS) is 15.8. The molecule has 1 unspecified atom stereocenters. The van der Waals surface area contributed by atoms with Crippen molar-refractivity contribution in [1.29, 1.82) is 0 Å². The Hall–Kier alpha value is -4.00. The van der Waals surface area contributed by atoms with Crippen LogP contribution < -0.4 is 14.4 Å². The Bertz CT molecular complexity index is 1660. The van der Waals surface area contributed by atoms with Crippen molar-refractivity contribution < 1.29 is 19.1 Å². The van der Waals surface area contributed by atoms with Crippen molar-refractivity contribution >= 4 is 40.7 Å². The highest BCUT2D eigenvalue weighted by atomic mass is 35.5. The van der Waals surface area contributed by atoms with Crippen LogP contribution in [0.1, 0.15) is 46.5 Å². The third-order valence-corrected chi connectivity index (χ3v) is 8.78. The van der Waals surface area contributed by atoms with E-state index in [1.54, 1.807) is 49.5 Å². The van der Waals surface area contributed by atoms with Gasteiger partial charge in [0.1, 0.15) is 16.9 Å². The summed E-state index contributed by atoms with van der Waals surface area (Å²) < 4.78 is 11.0. The lowest BCUT2D eigenvalue weighted by Gasteiger charge is -2.28. The molecule has 0 saturated heterocycles. The molecule has 0 spiro atoms. The number of carbonyl (C=O) groups is 2. The molecule has 2 amide bonds. The molecule has 1 aliphatic rings. The van der Waals surface area contributed by atoms with Crippen LogP contribution >= 0.6 is 23.2 Å². The van der Waals surface area contributed by atoms with Crippen LogP contribution in [-0.4, -0.2) is 44.0 Å². The van der Waals surface area contributed by atoms with E-state index >= 15 is 0 Å². The Morgan fingerprint density at radius 3 is 2.37 bits per heavy atom. The van der Waals surface area contributed by atoms with Gasteiger partial charge < -0.3 is 19.3 Å². The summed E-state index contributed by atoms with van der Waals surface area (Å²) in [6.45, 7) is 5.19. The Kier molecular flexibility index (Phi) is 9.00. The van der Waals surface area contributed by atoms with Crippen molar-refractivity contribution in [3.05, 3.63) is 123 Å². The number of hydrogen-bond acceptors (Lipinski definition) is 4. The van der Waals surface area contributed by atoms with Gasteiger partial charge >= 0.3 is 0 Å². The molecular weight excluding hydrogens is 583 g/mol. The fraction of sp³-hybridized carbons (Fsp3) is 0.257. The average Bonchev–Trinajstić information content (AvgIpc) is 3.23. The Labute approximate surface area is 262 Å². The van der Waals surface area contributed by atoms with Gasteiger partial charge in [-0.1, -0.05) is 53.5 Å². The van der Waals surface area contributed by atoms with Gasteiger partial charge in [-0.2, -0.15) is 0 Å². The van der Waals surface area contributed by atoms with Crippen molar-refractivity contribution in [3.63, 3.8) is 0 Å². The number of anilines is 1. The smallest absolute Gasteiger partial charge is 0.253 e. The molecular formula is C35H34Cl2N2O4. The minimum Gasteiger partial charge on any atom is -0.497 e. The van der Waals surface area contributed by atoms with Gasteiger partial charge in [-0.05, 0) is 85.5 Å². The van der Waals surface area contributed by atoms with E-state index in [1.807, 2.05) is 61.2 Å². The third-order valence-electron chi connectivity index (χ3n) is 8.22. The molecule has 6 nitrogen and oxygen atoms in total. The SMILES string of the molecule is CCN(CCc1ccccc1)C(=O)c1ccc(Cl)c(C2(C)C(=O)N(Cc3ccc(OC)cc3OC)c3ccc(Cl)cc32)c1. The first-order valence-corrected chi connectivity index (χ1v) is 14.9. The first-order chi connectivity index (χ1) is 20.7. The van der Waals surface area contributed by atoms with Crippen molar-refractivity contribution in [3.8, 4) is 11.5 Å². The molecule has 0 fully saturated rings. The van der Waals surface area contributed by atoms with Crippen LogP contribution in [0.25, 0.3) is 0 Å². The summed E-state index contributed by atoms with van der Waals surface area (Å²) >= 11 is 13.3. The molecule has 1 heterocycles. The average molecular weight is 618 g/mol. The molecule has 0 aromatic heterocycles. The Balaban J connectivity index is 1.51. The van der Waals surface area contributed by atoms with Crippen LogP contribution in [0.3, 0.4) is 0 Å². The second kappa shape index (κ2) is 12.7. The summed E-state index contributed by atoms with van der Waals surface area (Å²) in [6.07, 6.45) is 0.743. The molecule has 0 bridgehead atoms. The van der Waals surface area contributed by atoms with Gasteiger partial charge in [-0.15, -0.1) is 0 Å². The molecule has 1 atom stereocenters. The van der Waals surface area contributed by atoms with Crippen molar-refractivity contribution in [2.75, 3.05) is 32.2 Å². The van der Waals surface area contributed by atoms with Gasteiger partial charge in [-0.25, -0.2) is 0 Å². The van der Waals surface area contributed by atoms with E-state index in [4.69, 9.17) is 32.7 Å². The molecule has 0 radical (unpaired) electrons. The monoisotopic (exact) mass is 616 g/mol. The number of benzene rings is 4. The number of amides is 2. The molecule has 43 heavy (non-hydrogen) atoms. The van der Waals surface area contributed by atoms with Crippen molar-refractivity contribution in [2.45, 2.75) is 32.2 Å². The molecule has 0 N–H and O–H groups in total. The number of fused-ring (bicyclic) bond motifs is 1. The summed E-state index contributed by atoms with van der Waals surface area (Å²) in [7, 11) is 3.18. The highest BCUT2D eigenvalue weighted by molar-refractivity contribution is 6.33. The van der Waals surface area contributed by atoms with Gasteiger partial charge in [0.15, 0.2) is 0 Å². The van der Waals surface area contributed by atoms with E-state index in [-0.39, 0.29) is 18.4 Å². The van der Waals surface area contributed by atoms with Gasteiger partial charge in [0.25, 0.3) is 5.91 Å². The molecule has 1 aliphatic heterocycles. The summed E-state index contributed by atoms with van der Waals surface area (Å²) in [6, 6.07) is 26.2. The summed E-state index contributed by atoms with van der Waals surface area (Å²) in [5, 5.41) is 0.901. The number of rotatable bonds is 10. The fourth-order valence-electron chi connectivity index (χ4n) is 5.74. The maximum atomic E-state index is 14.5. The van der Waals surface area contributed by atoms with Crippen LogP contribution in [0.5, 0.6) is 11.5 Å². The van der Waals surface area contributed by atoms with Crippen LogP contribution in [0, 0.1) is 0 Å². The number of nitrogens with zero attached hydrogens (tertiary/aromatic N) is 2. The molecule has 4 aromatic carbocycles. The van der Waals surface area contributed by atoms with E-state index in [1.165, 1.54) is 0 Å². The number of hydrogen-bond donors (Lipinski definition) is 0. The minimum absolute atomic E-state index is 0.114. The van der Waals surface area contributed by atoms with Crippen LogP contribution in [-0.2, 0) is 23.2 Å². The molecule has 8 heteroatoms. The standard InChI is InChI=1S/C35H34Cl2N2O4/c1-5-38(18-17-23-9-7-6-8-10-23)33(40)24-12-15-30(37)28(19-24)35(2)29-20-26(36)13-16-31(29)39(34(35)41)22-25-11-14-27(42-3)21-32(25)43-4/h6-16,19-21H,5,17-18,22H2,1-4H3. The van der Waals surface area contributed by atoms with Gasteiger partial charge in [0.2, 0.25) is 5.91 Å². The number of ether oxygens (including phenoxy) is 2. The fourth-order valence-corrected chi connectivity index (χ4v) is 6.22. The second-order valence-electron chi connectivity index (χ2n) is 10.7. The van der Waals surface area contributed by atoms with E-state index in [0.717, 1.165) is 28.8 Å². The van der Waals surface area contributed by atoms with Gasteiger partial charge in [-0.3, -0.25) is 9.59 Å². The predicted molar refractivity (Wildman–Crippen MR) is 172 cm³/mol. The highest BCUT2D eigenvalue weighted by Gasteiger charge is 2.50. The van der Waals surface area contributed by atoms with Gasteiger partial charge in [0.05, 0.1) is 20.8 Å². The summed E-state index contributed by atoms with van der Waals surface area (Å²) in [5.74, 6) is 0.975. The maximum Gasteiger partial charge on any atom is 0.253 e. The number of halogens is 2. The van der Waals surface area contributed by atoms with E-state index < -0.39 is 5.41 Å². The minimum atomic E-state index is -1.19. The second-order valence-corrected chi connectivity index (χ2v) is 11.5. The zero-order chi connectivity index (χ0) is 30.7. The predicted octanol–water partition coefficient (Wildman–Crippen LogP) is 7.57. The summed E-state index contributed by atoms with van der Waals surface area (Å²) in [4.78, 5) is 31.7. The first kappa shape index (κ1) is 30.5. The highest BCUT2D eigenvalue weighted by Crippen LogP contribution is 2.49. The number of likely N-dealkylation sites (N-methyl/N-ethyl adjacent to an activating group) is 1. The zero-order valence-electron chi connectivity index (χ0n) is 24.7. The molecule has 222 valence electrons. The Morgan fingerprint density at radius 1 is 0.907 bits per heavy atom. The van der Waals surface area contributed by atoms with E-state index in [9.17, 15) is 9.59 Å². The number of carbonyl (C=O) groups excluding carboxylic acids is 2. The number of methoxy groups -OCH3 is 2. The molecule has 0 saturated carbocycles. The quantitative estimate of drug-likeness (QED) is 0.184. The van der Waals surface area contributed by atoms with E-state index in [2.05, 4.69) is 12.1 Å². The zero-order valence-corrected chi connectivity index (χ0v) is 26.2. The van der Waals surface area contributed by atoms with Crippen LogP contribution in [0.15, 0.2) is 84.9 Å². The molecule has 4 aromatic rings. The largest absolute Gasteiger partial charge is 0.497 e. The Morgan fingerprint density at radius 2 is 1.67 bits per heavy atom. The lowest BCUT2D eigenvalue weighted by atomic mass is 9.76. The van der Waals surface area contributed by atoms with Crippen molar-refractivity contribution in [2.24, 2.45) is 0 Å². The van der Waals surface area contributed by atoms with Crippen LogP contribution in [0.2, 0.25) is 10.0 Å². The van der Waals surface area contributed by atoms with Gasteiger partial charge in [0, 0.05) is 46.0 Å². The summed E-state index contributed by atoms with van der Waals surface area (Å²) in [5.41, 5.74) is 3.26. The van der Waals surface area contributed by atoms with E-state index in [0.29, 0.717) is 45.8 Å². The topological polar surface area (TPSA) is 59.1 Å². The third kappa shape index (κ3) is 5.82. The van der Waals surface area contributed by atoms with Crippen molar-refractivity contribution in [1.82, 2.24) is 4.90 Å². The molecule has 0 aliphatic carbocycles. The molecule has 5 rings (SSSR count). The maximum absolute atomic E-state index is 14.5. The first-order valence-electron chi connectivity index (χ1n) is 14.2. The lowest BCUT2D eigenvalue weighted by molar-refractivity contribution is -0.121.